The van der Waals surface area contributed by atoms with Crippen molar-refractivity contribution in [2.45, 2.75) is 45.2 Å². The molecule has 0 radical (unpaired) electrons. The summed E-state index contributed by atoms with van der Waals surface area (Å²) in [5.41, 5.74) is 0. The van der Waals surface area contributed by atoms with Crippen LogP contribution in [0.3, 0.4) is 0 Å². The minimum Gasteiger partial charge on any atom is -0.477 e. The van der Waals surface area contributed by atoms with E-state index in [0.717, 1.165) is 19.1 Å². The molecule has 1 aliphatic carbocycles. The largest absolute Gasteiger partial charge is 0.477 e. The van der Waals surface area contributed by atoms with Crippen LogP contribution in [0.25, 0.3) is 0 Å². The Balaban J connectivity index is 1.93. The Labute approximate surface area is 106 Å². The van der Waals surface area contributed by atoms with Gasteiger partial charge in [0.1, 0.15) is 4.88 Å². The van der Waals surface area contributed by atoms with Crippen molar-refractivity contribution in [1.29, 1.82) is 0 Å². The Kier molecular flexibility index (Phi) is 4.18. The van der Waals surface area contributed by atoms with Crippen molar-refractivity contribution in [3.8, 4) is 0 Å². The van der Waals surface area contributed by atoms with Crippen molar-refractivity contribution in [1.82, 2.24) is 4.90 Å². The Morgan fingerprint density at radius 2 is 2.29 bits per heavy atom. The van der Waals surface area contributed by atoms with E-state index in [9.17, 15) is 4.79 Å². The smallest absolute Gasteiger partial charge is 0.345 e. The molecule has 1 aromatic rings. The van der Waals surface area contributed by atoms with Crippen LogP contribution in [-0.2, 0) is 6.54 Å². The Bertz CT molecular complexity index is 385. The first-order valence-corrected chi connectivity index (χ1v) is 7.08. The molecule has 3 nitrogen and oxygen atoms in total. The van der Waals surface area contributed by atoms with Gasteiger partial charge in [0.15, 0.2) is 0 Å². The van der Waals surface area contributed by atoms with E-state index in [1.165, 1.54) is 41.9 Å². The number of carboxylic acids is 1. The van der Waals surface area contributed by atoms with E-state index in [4.69, 9.17) is 5.11 Å². The second kappa shape index (κ2) is 5.65. The van der Waals surface area contributed by atoms with E-state index in [2.05, 4.69) is 11.8 Å². The molecule has 4 heteroatoms. The first-order chi connectivity index (χ1) is 8.20. The number of hydrogen-bond donors (Lipinski definition) is 1. The van der Waals surface area contributed by atoms with Gasteiger partial charge >= 0.3 is 5.97 Å². The second-order valence-electron chi connectivity index (χ2n) is 4.63. The maximum Gasteiger partial charge on any atom is 0.345 e. The molecular formula is C13H19NO2S. The van der Waals surface area contributed by atoms with Gasteiger partial charge in [0.05, 0.1) is 0 Å². The predicted molar refractivity (Wildman–Crippen MR) is 69.6 cm³/mol. The molecule has 0 aliphatic heterocycles. The number of nitrogens with zero attached hydrogens (tertiary/aromatic N) is 1. The predicted octanol–water partition coefficient (Wildman–Crippen LogP) is 3.21. The van der Waals surface area contributed by atoms with E-state index in [1.807, 2.05) is 6.07 Å². The van der Waals surface area contributed by atoms with Gasteiger partial charge in [-0.3, -0.25) is 4.90 Å². The zero-order valence-corrected chi connectivity index (χ0v) is 11.0. The van der Waals surface area contributed by atoms with Crippen LogP contribution in [0, 0.1) is 0 Å². The SMILES string of the molecule is CCCCN(Cc1ccc(C(=O)O)s1)C1CC1. The van der Waals surface area contributed by atoms with Gasteiger partial charge in [0.2, 0.25) is 0 Å². The number of carbonyl (C=O) groups is 1. The minimum atomic E-state index is -0.812. The van der Waals surface area contributed by atoms with Crippen LogP contribution in [-0.4, -0.2) is 28.6 Å². The molecule has 1 fully saturated rings. The summed E-state index contributed by atoms with van der Waals surface area (Å²) in [4.78, 5) is 14.9. The standard InChI is InChI=1S/C13H19NO2S/c1-2-3-8-14(10-4-5-10)9-11-6-7-12(17-11)13(15)16/h6-7,10H,2-5,8-9H2,1H3,(H,15,16). The molecule has 0 saturated heterocycles. The summed E-state index contributed by atoms with van der Waals surface area (Å²) in [6, 6.07) is 4.42. The average molecular weight is 253 g/mol. The van der Waals surface area contributed by atoms with Gasteiger partial charge in [0, 0.05) is 17.5 Å². The van der Waals surface area contributed by atoms with E-state index < -0.39 is 5.97 Å². The van der Waals surface area contributed by atoms with Crippen LogP contribution in [0.15, 0.2) is 12.1 Å². The van der Waals surface area contributed by atoms with Crippen LogP contribution in [0.1, 0.15) is 47.2 Å². The molecular weight excluding hydrogens is 234 g/mol. The van der Waals surface area contributed by atoms with Gasteiger partial charge in [0.25, 0.3) is 0 Å². The summed E-state index contributed by atoms with van der Waals surface area (Å²) in [7, 11) is 0. The van der Waals surface area contributed by atoms with Crippen molar-refractivity contribution >= 4 is 17.3 Å². The zero-order chi connectivity index (χ0) is 12.3. The number of aromatic carboxylic acids is 1. The Hall–Kier alpha value is -0.870. The summed E-state index contributed by atoms with van der Waals surface area (Å²) in [5.74, 6) is -0.812. The summed E-state index contributed by atoms with van der Waals surface area (Å²) >= 11 is 1.41. The lowest BCUT2D eigenvalue weighted by atomic mass is 10.3. The van der Waals surface area contributed by atoms with Gasteiger partial charge in [-0.1, -0.05) is 13.3 Å². The normalized spacial score (nSPS) is 15.4. The fraction of sp³-hybridized carbons (Fsp3) is 0.615. The number of thiophene rings is 1. The van der Waals surface area contributed by atoms with Crippen molar-refractivity contribution in [3.05, 3.63) is 21.9 Å². The van der Waals surface area contributed by atoms with Gasteiger partial charge in [-0.15, -0.1) is 11.3 Å². The van der Waals surface area contributed by atoms with Crippen LogP contribution in [0.4, 0.5) is 0 Å². The highest BCUT2D eigenvalue weighted by Crippen LogP contribution is 2.30. The molecule has 94 valence electrons. The van der Waals surface area contributed by atoms with Crippen LogP contribution in [0.2, 0.25) is 0 Å². The lowest BCUT2D eigenvalue weighted by molar-refractivity contribution is 0.0702. The van der Waals surface area contributed by atoms with Gasteiger partial charge < -0.3 is 5.11 Å². The fourth-order valence-electron chi connectivity index (χ4n) is 1.97. The molecule has 0 atom stereocenters. The molecule has 17 heavy (non-hydrogen) atoms. The number of unbranched alkanes of at least 4 members (excludes halogenated alkanes) is 1. The van der Waals surface area contributed by atoms with Crippen LogP contribution < -0.4 is 0 Å². The Morgan fingerprint density at radius 3 is 2.82 bits per heavy atom. The highest BCUT2D eigenvalue weighted by Gasteiger charge is 2.28. The summed E-state index contributed by atoms with van der Waals surface area (Å²) < 4.78 is 0. The lowest BCUT2D eigenvalue weighted by Crippen LogP contribution is -2.26. The maximum atomic E-state index is 10.8. The monoisotopic (exact) mass is 253 g/mol. The van der Waals surface area contributed by atoms with E-state index in [1.54, 1.807) is 6.07 Å². The van der Waals surface area contributed by atoms with Crippen molar-refractivity contribution in [2.75, 3.05) is 6.54 Å². The molecule has 1 N–H and O–H groups in total. The third-order valence-corrected chi connectivity index (χ3v) is 4.15. The van der Waals surface area contributed by atoms with Crippen molar-refractivity contribution < 1.29 is 9.90 Å². The third kappa shape index (κ3) is 3.54. The fourth-order valence-corrected chi connectivity index (χ4v) is 2.84. The highest BCUT2D eigenvalue weighted by atomic mass is 32.1. The quantitative estimate of drug-likeness (QED) is 0.811. The molecule has 0 aromatic carbocycles. The average Bonchev–Trinajstić information content (AvgIpc) is 3.04. The van der Waals surface area contributed by atoms with E-state index in [-0.39, 0.29) is 0 Å². The molecule has 2 rings (SSSR count). The molecule has 1 aromatic heterocycles. The highest BCUT2D eigenvalue weighted by molar-refractivity contribution is 7.13. The molecule has 1 heterocycles. The zero-order valence-electron chi connectivity index (χ0n) is 10.2. The van der Waals surface area contributed by atoms with Crippen molar-refractivity contribution in [3.63, 3.8) is 0 Å². The number of carboxylic acid groups (broad SMARTS) is 1. The molecule has 1 aliphatic rings. The van der Waals surface area contributed by atoms with Gasteiger partial charge in [-0.05, 0) is 37.9 Å². The molecule has 1 saturated carbocycles. The van der Waals surface area contributed by atoms with Crippen LogP contribution >= 0.6 is 11.3 Å². The third-order valence-electron chi connectivity index (χ3n) is 3.09. The van der Waals surface area contributed by atoms with E-state index in [0.29, 0.717) is 4.88 Å². The molecule has 0 spiro atoms. The molecule has 0 amide bonds. The number of hydrogen-bond acceptors (Lipinski definition) is 3. The first-order valence-electron chi connectivity index (χ1n) is 6.26. The minimum absolute atomic E-state index is 0.450. The molecule has 0 unspecified atom stereocenters. The molecule has 0 bridgehead atoms. The van der Waals surface area contributed by atoms with Gasteiger partial charge in [-0.2, -0.15) is 0 Å². The summed E-state index contributed by atoms with van der Waals surface area (Å²) in [6.07, 6.45) is 5.06. The van der Waals surface area contributed by atoms with E-state index >= 15 is 0 Å². The van der Waals surface area contributed by atoms with Gasteiger partial charge in [-0.25, -0.2) is 4.79 Å². The second-order valence-corrected chi connectivity index (χ2v) is 5.79. The Morgan fingerprint density at radius 1 is 1.53 bits per heavy atom. The summed E-state index contributed by atoms with van der Waals surface area (Å²) in [5, 5.41) is 8.89. The van der Waals surface area contributed by atoms with Crippen LogP contribution in [0.5, 0.6) is 0 Å². The number of rotatable bonds is 7. The maximum absolute atomic E-state index is 10.8. The topological polar surface area (TPSA) is 40.5 Å². The van der Waals surface area contributed by atoms with Crippen molar-refractivity contribution in [2.24, 2.45) is 0 Å². The summed E-state index contributed by atoms with van der Waals surface area (Å²) in [6.45, 7) is 4.27. The lowest BCUT2D eigenvalue weighted by Gasteiger charge is -2.20. The first kappa shape index (κ1) is 12.6.